The molecule has 1 aliphatic carbocycles. The lowest BCUT2D eigenvalue weighted by Gasteiger charge is -2.15. The highest BCUT2D eigenvalue weighted by Gasteiger charge is 2.11. The third kappa shape index (κ3) is 4.49. The Hall–Kier alpha value is -3.34. The fourth-order valence-corrected chi connectivity index (χ4v) is 3.44. The molecule has 142 valence electrons. The highest BCUT2D eigenvalue weighted by molar-refractivity contribution is 5.78. The van der Waals surface area contributed by atoms with E-state index in [1.165, 1.54) is 19.3 Å². The van der Waals surface area contributed by atoms with Gasteiger partial charge >= 0.3 is 0 Å². The second-order valence-corrected chi connectivity index (χ2v) is 6.92. The molecule has 0 fully saturated rings. The Morgan fingerprint density at radius 3 is 2.54 bits per heavy atom. The zero-order valence-electron chi connectivity index (χ0n) is 15.8. The van der Waals surface area contributed by atoms with Crippen molar-refractivity contribution in [2.24, 2.45) is 10.7 Å². The van der Waals surface area contributed by atoms with E-state index in [1.807, 2.05) is 36.5 Å². The second-order valence-electron chi connectivity index (χ2n) is 6.92. The van der Waals surface area contributed by atoms with E-state index in [0.717, 1.165) is 29.0 Å². The summed E-state index contributed by atoms with van der Waals surface area (Å²) < 4.78 is 5.21. The molecule has 0 amide bonds. The van der Waals surface area contributed by atoms with Crippen molar-refractivity contribution in [3.8, 4) is 0 Å². The van der Waals surface area contributed by atoms with Gasteiger partial charge in [-0.1, -0.05) is 30.3 Å². The van der Waals surface area contributed by atoms with Crippen LogP contribution in [-0.4, -0.2) is 11.0 Å². The van der Waals surface area contributed by atoms with Crippen LogP contribution in [0.15, 0.2) is 72.0 Å². The minimum absolute atomic E-state index is 0.226. The first-order valence-electron chi connectivity index (χ1n) is 9.57. The van der Waals surface area contributed by atoms with Crippen LogP contribution < -0.4 is 11.1 Å². The molecule has 0 spiro atoms. The number of hydrogen-bond acceptors (Lipinski definition) is 5. The zero-order chi connectivity index (χ0) is 19.2. The molecule has 2 aromatic carbocycles. The van der Waals surface area contributed by atoms with E-state index in [9.17, 15) is 0 Å². The van der Waals surface area contributed by atoms with Crippen molar-refractivity contribution >= 4 is 17.4 Å². The second kappa shape index (κ2) is 8.57. The van der Waals surface area contributed by atoms with Crippen LogP contribution in [0.5, 0.6) is 0 Å². The maximum absolute atomic E-state index is 5.53. The standard InChI is InChI=1S/C14H14N4O.C9H10/c15-14-18-13-4-3-12(6-11(13)9-19-14)17-8-10-2-1-5-16-7-10;1-2-5-9-7-3-6-8(9)4-1/h1-7,17H,8-9H2,(H2,15,18);1-2,4-5H,3,6-7H2. The van der Waals surface area contributed by atoms with Crippen LogP contribution in [0, 0.1) is 0 Å². The molecule has 2 aliphatic rings. The lowest BCUT2D eigenvalue weighted by molar-refractivity contribution is 0.282. The van der Waals surface area contributed by atoms with E-state index < -0.39 is 0 Å². The van der Waals surface area contributed by atoms with E-state index in [2.05, 4.69) is 39.6 Å². The summed E-state index contributed by atoms with van der Waals surface area (Å²) in [5, 5.41) is 3.35. The molecule has 3 N–H and O–H groups in total. The number of pyridine rings is 1. The third-order valence-electron chi connectivity index (χ3n) is 4.92. The van der Waals surface area contributed by atoms with Crippen LogP contribution in [0.3, 0.4) is 0 Å². The molecule has 0 atom stereocenters. The van der Waals surface area contributed by atoms with Gasteiger partial charge in [0.2, 0.25) is 0 Å². The molecule has 5 rings (SSSR count). The average molecular weight is 372 g/mol. The number of aryl methyl sites for hydroxylation is 2. The van der Waals surface area contributed by atoms with E-state index in [0.29, 0.717) is 6.61 Å². The molecule has 0 bridgehead atoms. The van der Waals surface area contributed by atoms with Gasteiger partial charge in [0.15, 0.2) is 0 Å². The van der Waals surface area contributed by atoms with Crippen molar-refractivity contribution in [3.63, 3.8) is 0 Å². The van der Waals surface area contributed by atoms with Crippen molar-refractivity contribution in [1.29, 1.82) is 0 Å². The summed E-state index contributed by atoms with van der Waals surface area (Å²) in [6, 6.07) is 18.9. The van der Waals surface area contributed by atoms with E-state index in [1.54, 1.807) is 17.3 Å². The predicted octanol–water partition coefficient (Wildman–Crippen LogP) is 4.35. The zero-order valence-corrected chi connectivity index (χ0v) is 15.8. The highest BCUT2D eigenvalue weighted by Crippen LogP contribution is 2.27. The van der Waals surface area contributed by atoms with Gasteiger partial charge in [0.1, 0.15) is 6.61 Å². The fourth-order valence-electron chi connectivity index (χ4n) is 3.44. The Bertz CT molecular complexity index is 946. The molecule has 0 unspecified atom stereocenters. The van der Waals surface area contributed by atoms with Gasteiger partial charge in [0, 0.05) is 30.2 Å². The van der Waals surface area contributed by atoms with Crippen LogP contribution >= 0.6 is 0 Å². The van der Waals surface area contributed by atoms with Crippen molar-refractivity contribution in [1.82, 2.24) is 4.98 Å². The van der Waals surface area contributed by atoms with Crippen LogP contribution in [0.4, 0.5) is 11.4 Å². The smallest absolute Gasteiger partial charge is 0.287 e. The van der Waals surface area contributed by atoms with Gasteiger partial charge in [-0.2, -0.15) is 4.99 Å². The third-order valence-corrected chi connectivity index (χ3v) is 4.92. The number of nitrogens with zero attached hydrogens (tertiary/aromatic N) is 2. The summed E-state index contributed by atoms with van der Waals surface area (Å²) in [6.45, 7) is 1.20. The van der Waals surface area contributed by atoms with Gasteiger partial charge in [0.25, 0.3) is 6.02 Å². The number of aromatic nitrogens is 1. The summed E-state index contributed by atoms with van der Waals surface area (Å²) in [6.07, 6.45) is 7.58. The first-order chi connectivity index (χ1) is 13.8. The number of aliphatic imine (C=N–C) groups is 1. The van der Waals surface area contributed by atoms with Gasteiger partial charge in [-0.25, -0.2) is 0 Å². The summed E-state index contributed by atoms with van der Waals surface area (Å²) in [7, 11) is 0. The van der Waals surface area contributed by atoms with Crippen molar-refractivity contribution in [3.05, 3.63) is 89.2 Å². The van der Waals surface area contributed by atoms with Gasteiger partial charge in [0.05, 0.1) is 5.69 Å². The lowest BCUT2D eigenvalue weighted by atomic mass is 10.1. The SMILES string of the molecule is NC1=Nc2ccc(NCc3cccnc3)cc2CO1.c1ccc2c(c1)CCC2. The number of nitrogens with one attached hydrogen (secondary N) is 1. The average Bonchev–Trinajstić information content (AvgIpc) is 3.22. The minimum Gasteiger partial charge on any atom is -0.460 e. The normalized spacial score (nSPS) is 13.9. The van der Waals surface area contributed by atoms with Crippen molar-refractivity contribution in [2.75, 3.05) is 5.32 Å². The Morgan fingerprint density at radius 2 is 1.79 bits per heavy atom. The van der Waals surface area contributed by atoms with Crippen LogP contribution in [0.25, 0.3) is 0 Å². The van der Waals surface area contributed by atoms with Gasteiger partial charge in [-0.3, -0.25) is 4.98 Å². The van der Waals surface area contributed by atoms with Crippen LogP contribution in [-0.2, 0) is 30.7 Å². The number of benzene rings is 2. The maximum atomic E-state index is 5.53. The topological polar surface area (TPSA) is 72.5 Å². The van der Waals surface area contributed by atoms with Crippen LogP contribution in [0.1, 0.15) is 28.7 Å². The number of anilines is 1. The quantitative estimate of drug-likeness (QED) is 0.717. The maximum Gasteiger partial charge on any atom is 0.287 e. The van der Waals surface area contributed by atoms with Crippen LogP contribution in [0.2, 0.25) is 0 Å². The first kappa shape index (κ1) is 18.0. The van der Waals surface area contributed by atoms with Crippen molar-refractivity contribution in [2.45, 2.75) is 32.4 Å². The first-order valence-corrected chi connectivity index (χ1v) is 9.57. The molecule has 5 nitrogen and oxygen atoms in total. The number of nitrogens with two attached hydrogens (primary N) is 1. The Morgan fingerprint density at radius 1 is 0.964 bits per heavy atom. The van der Waals surface area contributed by atoms with E-state index in [4.69, 9.17) is 10.5 Å². The Labute approximate surface area is 165 Å². The molecule has 3 aromatic rings. The predicted molar refractivity (Wildman–Crippen MR) is 113 cm³/mol. The number of fused-ring (bicyclic) bond motifs is 2. The minimum atomic E-state index is 0.226. The molecule has 5 heteroatoms. The Kier molecular flexibility index (Phi) is 5.52. The number of rotatable bonds is 3. The molecule has 0 saturated heterocycles. The number of hydrogen-bond donors (Lipinski definition) is 2. The molecule has 0 radical (unpaired) electrons. The van der Waals surface area contributed by atoms with E-state index in [-0.39, 0.29) is 6.02 Å². The highest BCUT2D eigenvalue weighted by atomic mass is 16.5. The molecule has 1 aromatic heterocycles. The monoisotopic (exact) mass is 372 g/mol. The fraction of sp³-hybridized carbons (Fsp3) is 0.217. The lowest BCUT2D eigenvalue weighted by Crippen LogP contribution is -2.18. The Balaban J connectivity index is 0.000000177. The number of amidine groups is 1. The molecule has 0 saturated carbocycles. The van der Waals surface area contributed by atoms with Crippen molar-refractivity contribution < 1.29 is 4.74 Å². The summed E-state index contributed by atoms with van der Waals surface area (Å²) >= 11 is 0. The number of ether oxygens (including phenoxy) is 1. The molecular weight excluding hydrogens is 348 g/mol. The van der Waals surface area contributed by atoms with E-state index >= 15 is 0 Å². The van der Waals surface area contributed by atoms with Gasteiger partial charge < -0.3 is 15.8 Å². The molecule has 1 aliphatic heterocycles. The molecular formula is C23H24N4O. The largest absolute Gasteiger partial charge is 0.460 e. The summed E-state index contributed by atoms with van der Waals surface area (Å²) in [5.74, 6) is 0. The summed E-state index contributed by atoms with van der Waals surface area (Å²) in [5.41, 5.74) is 12.7. The molecule has 2 heterocycles. The van der Waals surface area contributed by atoms with Gasteiger partial charge in [-0.05, 0) is 60.2 Å². The van der Waals surface area contributed by atoms with Gasteiger partial charge in [-0.15, -0.1) is 0 Å². The molecule has 28 heavy (non-hydrogen) atoms. The summed E-state index contributed by atoms with van der Waals surface area (Å²) in [4.78, 5) is 8.22.